The van der Waals surface area contributed by atoms with Crippen LogP contribution in [-0.2, 0) is 0 Å². The van der Waals surface area contributed by atoms with Gasteiger partial charge in [-0.3, -0.25) is 9.20 Å². The number of pyridine rings is 1. The second kappa shape index (κ2) is 3.12. The van der Waals surface area contributed by atoms with Gasteiger partial charge in [-0.25, -0.2) is 4.98 Å². The molecule has 2 heterocycles. The Bertz CT molecular complexity index is 480. The molecule has 2 rings (SSSR count). The van der Waals surface area contributed by atoms with Crippen LogP contribution in [0.4, 0.5) is 0 Å². The second-order valence-corrected chi connectivity index (χ2v) is 3.67. The fourth-order valence-electron chi connectivity index (χ4n) is 1.08. The number of nitrogens with zero attached hydrogens (tertiary/aromatic N) is 2. The number of rotatable bonds is 1. The van der Waals surface area contributed by atoms with E-state index in [1.165, 1.54) is 0 Å². The highest BCUT2D eigenvalue weighted by molar-refractivity contribution is 9.10. The third-order valence-corrected chi connectivity index (χ3v) is 2.69. The molecule has 0 radical (unpaired) electrons. The number of carbonyl (C=O) groups is 1. The molecule has 0 aliphatic rings. The first kappa shape index (κ1) is 8.72. The van der Waals surface area contributed by atoms with Crippen LogP contribution in [0, 0.1) is 0 Å². The number of hydrogen-bond donors (Lipinski definition) is 0. The predicted octanol–water partition coefficient (Wildman–Crippen LogP) is 2.56. The lowest BCUT2D eigenvalue weighted by molar-refractivity contribution is 0.111. The van der Waals surface area contributed by atoms with E-state index in [0.717, 1.165) is 0 Å². The summed E-state index contributed by atoms with van der Waals surface area (Å²) >= 11 is 9.03. The summed E-state index contributed by atoms with van der Waals surface area (Å²) in [5.41, 5.74) is 1.03. The minimum Gasteiger partial charge on any atom is -0.296 e. The van der Waals surface area contributed by atoms with Gasteiger partial charge < -0.3 is 0 Å². The van der Waals surface area contributed by atoms with Gasteiger partial charge in [0.2, 0.25) is 0 Å². The van der Waals surface area contributed by atoms with E-state index in [-0.39, 0.29) is 0 Å². The lowest BCUT2D eigenvalue weighted by Gasteiger charge is -1.93. The summed E-state index contributed by atoms with van der Waals surface area (Å²) in [5, 5.41) is 0.599. The molecule has 0 unspecified atom stereocenters. The van der Waals surface area contributed by atoms with E-state index >= 15 is 0 Å². The van der Waals surface area contributed by atoms with Crippen LogP contribution in [0.2, 0.25) is 5.02 Å². The Labute approximate surface area is 87.5 Å². The second-order valence-electron chi connectivity index (χ2n) is 2.48. The first-order valence-corrected chi connectivity index (χ1v) is 4.68. The van der Waals surface area contributed by atoms with Gasteiger partial charge in [-0.1, -0.05) is 11.6 Å². The van der Waals surface area contributed by atoms with Crippen LogP contribution in [0.15, 0.2) is 22.9 Å². The molecular formula is C8H4BrClN2O. The van der Waals surface area contributed by atoms with Crippen molar-refractivity contribution >= 4 is 39.5 Å². The van der Waals surface area contributed by atoms with E-state index in [2.05, 4.69) is 20.9 Å². The molecule has 3 nitrogen and oxygen atoms in total. The highest BCUT2D eigenvalue weighted by atomic mass is 79.9. The summed E-state index contributed by atoms with van der Waals surface area (Å²) in [6.45, 7) is 0. The van der Waals surface area contributed by atoms with Crippen molar-refractivity contribution < 1.29 is 4.79 Å². The van der Waals surface area contributed by atoms with Crippen molar-refractivity contribution in [1.29, 1.82) is 0 Å². The molecule has 0 aliphatic carbocycles. The fourth-order valence-corrected chi connectivity index (χ4v) is 1.72. The molecule has 0 fully saturated rings. The summed E-state index contributed by atoms with van der Waals surface area (Å²) in [6, 6.07) is 3.43. The maximum atomic E-state index is 10.5. The van der Waals surface area contributed by atoms with Crippen LogP contribution >= 0.6 is 27.5 Å². The third-order valence-electron chi connectivity index (χ3n) is 1.67. The Morgan fingerprint density at radius 1 is 1.62 bits per heavy atom. The number of aromatic nitrogens is 2. The number of halogens is 2. The molecule has 66 valence electrons. The van der Waals surface area contributed by atoms with Crippen LogP contribution in [0.3, 0.4) is 0 Å². The monoisotopic (exact) mass is 258 g/mol. The molecule has 2 aromatic rings. The molecule has 0 aromatic carbocycles. The zero-order chi connectivity index (χ0) is 9.42. The van der Waals surface area contributed by atoms with Crippen molar-refractivity contribution in [3.8, 4) is 0 Å². The summed E-state index contributed by atoms with van der Waals surface area (Å²) in [7, 11) is 0. The number of aldehydes is 1. The van der Waals surface area contributed by atoms with E-state index < -0.39 is 0 Å². The van der Waals surface area contributed by atoms with Crippen molar-refractivity contribution in [2.75, 3.05) is 0 Å². The largest absolute Gasteiger partial charge is 0.296 e. The molecule has 5 heteroatoms. The van der Waals surface area contributed by atoms with E-state index in [1.54, 1.807) is 22.7 Å². The van der Waals surface area contributed by atoms with Crippen molar-refractivity contribution in [1.82, 2.24) is 9.38 Å². The normalized spacial score (nSPS) is 10.6. The van der Waals surface area contributed by atoms with Gasteiger partial charge in [-0.15, -0.1) is 0 Å². The quantitative estimate of drug-likeness (QED) is 0.738. The Morgan fingerprint density at radius 3 is 3.08 bits per heavy atom. The van der Waals surface area contributed by atoms with E-state index in [1.807, 2.05) is 0 Å². The lowest BCUT2D eigenvalue weighted by atomic mass is 10.5. The molecule has 0 amide bonds. The highest BCUT2D eigenvalue weighted by Crippen LogP contribution is 2.19. The van der Waals surface area contributed by atoms with Gasteiger partial charge in [0.05, 0.1) is 0 Å². The number of hydrogen-bond acceptors (Lipinski definition) is 2. The molecule has 0 bridgehead atoms. The number of carbonyl (C=O) groups excluding carboxylic acids is 1. The fraction of sp³-hybridized carbons (Fsp3) is 0. The van der Waals surface area contributed by atoms with Crippen molar-refractivity contribution in [2.24, 2.45) is 0 Å². The Morgan fingerprint density at radius 2 is 2.38 bits per heavy atom. The molecular weight excluding hydrogens is 255 g/mol. The van der Waals surface area contributed by atoms with E-state index in [4.69, 9.17) is 11.6 Å². The smallest absolute Gasteiger partial charge is 0.171 e. The molecule has 0 saturated carbocycles. The predicted molar refractivity (Wildman–Crippen MR) is 53.3 cm³/mol. The maximum absolute atomic E-state index is 10.5. The van der Waals surface area contributed by atoms with Crippen LogP contribution in [-0.4, -0.2) is 15.7 Å². The Hall–Kier alpha value is -0.870. The minimum absolute atomic E-state index is 0.377. The van der Waals surface area contributed by atoms with E-state index in [0.29, 0.717) is 27.3 Å². The SMILES string of the molecule is O=Cc1nc2cc(Cl)ccn2c1Br. The van der Waals surface area contributed by atoms with Crippen molar-refractivity contribution in [2.45, 2.75) is 0 Å². The summed E-state index contributed by atoms with van der Waals surface area (Å²) in [4.78, 5) is 14.6. The summed E-state index contributed by atoms with van der Waals surface area (Å²) < 4.78 is 2.39. The molecule has 0 saturated heterocycles. The van der Waals surface area contributed by atoms with Crippen molar-refractivity contribution in [3.05, 3.63) is 33.6 Å². The molecule has 13 heavy (non-hydrogen) atoms. The van der Waals surface area contributed by atoms with Gasteiger partial charge in [0, 0.05) is 17.3 Å². The van der Waals surface area contributed by atoms with Gasteiger partial charge >= 0.3 is 0 Å². The number of imidazole rings is 1. The topological polar surface area (TPSA) is 34.4 Å². The minimum atomic E-state index is 0.377. The first-order chi connectivity index (χ1) is 6.22. The highest BCUT2D eigenvalue weighted by Gasteiger charge is 2.07. The van der Waals surface area contributed by atoms with Crippen molar-refractivity contribution in [3.63, 3.8) is 0 Å². The van der Waals surface area contributed by atoms with Gasteiger partial charge in [-0.2, -0.15) is 0 Å². The van der Waals surface area contributed by atoms with Crippen LogP contribution in [0.5, 0.6) is 0 Å². The average Bonchev–Trinajstić information content (AvgIpc) is 2.42. The standard InChI is InChI=1S/C8H4BrClN2O/c9-8-6(4-13)11-7-3-5(10)1-2-12(7)8/h1-4H. The van der Waals surface area contributed by atoms with Gasteiger partial charge in [-0.05, 0) is 22.0 Å². The lowest BCUT2D eigenvalue weighted by Crippen LogP contribution is -1.83. The van der Waals surface area contributed by atoms with Crippen LogP contribution in [0.1, 0.15) is 10.5 Å². The van der Waals surface area contributed by atoms with Gasteiger partial charge in [0.15, 0.2) is 6.29 Å². The zero-order valence-electron chi connectivity index (χ0n) is 6.37. The zero-order valence-corrected chi connectivity index (χ0v) is 8.71. The summed E-state index contributed by atoms with van der Waals surface area (Å²) in [5.74, 6) is 0. The molecule has 0 atom stereocenters. The molecule has 2 aromatic heterocycles. The van der Waals surface area contributed by atoms with E-state index in [9.17, 15) is 4.79 Å². The van der Waals surface area contributed by atoms with Crippen LogP contribution < -0.4 is 0 Å². The maximum Gasteiger partial charge on any atom is 0.171 e. The van der Waals surface area contributed by atoms with Crippen LogP contribution in [0.25, 0.3) is 5.65 Å². The number of fused-ring (bicyclic) bond motifs is 1. The average molecular weight is 259 g/mol. The molecule has 0 spiro atoms. The Balaban J connectivity index is 2.83. The summed E-state index contributed by atoms with van der Waals surface area (Å²) in [6.07, 6.45) is 2.45. The van der Waals surface area contributed by atoms with Gasteiger partial charge in [0.25, 0.3) is 0 Å². The molecule has 0 aliphatic heterocycles. The van der Waals surface area contributed by atoms with Gasteiger partial charge in [0.1, 0.15) is 15.9 Å². The molecule has 0 N–H and O–H groups in total. The Kier molecular flexibility index (Phi) is 2.09. The first-order valence-electron chi connectivity index (χ1n) is 3.50. The third kappa shape index (κ3) is 1.36.